The number of carbonyl (C=O) groups is 1. The smallest absolute Gasteiger partial charge is 0.213 e. The van der Waals surface area contributed by atoms with Gasteiger partial charge in [-0.05, 0) is 69.3 Å². The highest BCUT2D eigenvalue weighted by Crippen LogP contribution is 2.44. The fourth-order valence-electron chi connectivity index (χ4n) is 4.95. The minimum Gasteiger partial charge on any atom is -0.481 e. The van der Waals surface area contributed by atoms with Gasteiger partial charge in [0.2, 0.25) is 5.88 Å². The van der Waals surface area contributed by atoms with Crippen LogP contribution in [-0.4, -0.2) is 53.0 Å². The van der Waals surface area contributed by atoms with Crippen molar-refractivity contribution in [2.45, 2.75) is 72.1 Å². The van der Waals surface area contributed by atoms with E-state index < -0.39 is 0 Å². The molecule has 206 valence electrons. The highest BCUT2D eigenvalue weighted by molar-refractivity contribution is 5.78. The number of carbonyl (C=O) groups excluding carboxylic acids is 1. The molecule has 6 nitrogen and oxygen atoms in total. The second-order valence-electron chi connectivity index (χ2n) is 10.1. The maximum atomic E-state index is 14.6. The summed E-state index contributed by atoms with van der Waals surface area (Å²) in [7, 11) is 3.76. The summed E-state index contributed by atoms with van der Waals surface area (Å²) in [5.74, 6) is 2.03. The molecule has 0 bridgehead atoms. The molecular formula is C31H43FN4O2. The molecule has 1 aliphatic carbocycles. The van der Waals surface area contributed by atoms with E-state index in [1.807, 2.05) is 37.5 Å². The van der Waals surface area contributed by atoms with Gasteiger partial charge < -0.3 is 9.64 Å². The third kappa shape index (κ3) is 7.28. The molecule has 2 fully saturated rings. The molecule has 2 aromatic heterocycles. The van der Waals surface area contributed by atoms with Crippen LogP contribution in [0, 0.1) is 11.7 Å². The molecule has 0 N–H and O–H groups in total. The third-order valence-electron chi connectivity index (χ3n) is 6.90. The summed E-state index contributed by atoms with van der Waals surface area (Å²) < 4.78 is 21.7. The van der Waals surface area contributed by atoms with Gasteiger partial charge >= 0.3 is 0 Å². The zero-order valence-electron chi connectivity index (χ0n) is 23.8. The maximum Gasteiger partial charge on any atom is 0.213 e. The molecular weight excluding hydrogens is 479 g/mol. The average Bonchev–Trinajstić information content (AvgIpc) is 3.70. The Morgan fingerprint density at radius 1 is 1.16 bits per heavy atom. The van der Waals surface area contributed by atoms with Crippen LogP contribution < -0.4 is 4.74 Å². The molecule has 1 aromatic carbocycles. The van der Waals surface area contributed by atoms with Crippen molar-refractivity contribution in [1.29, 1.82) is 0 Å². The zero-order valence-corrected chi connectivity index (χ0v) is 23.8. The summed E-state index contributed by atoms with van der Waals surface area (Å²) >= 11 is 0. The normalized spacial score (nSPS) is 17.1. The first kappa shape index (κ1) is 29.5. The molecule has 5 rings (SSSR count). The number of ether oxygens (including phenoxy) is 1. The fraction of sp³-hybridized carbons (Fsp3) is 0.516. The van der Waals surface area contributed by atoms with E-state index in [1.54, 1.807) is 25.4 Å². The quantitative estimate of drug-likeness (QED) is 0.310. The second kappa shape index (κ2) is 14.2. The van der Waals surface area contributed by atoms with Gasteiger partial charge in [0.1, 0.15) is 17.3 Å². The minimum absolute atomic E-state index is 0.248. The Kier molecular flexibility index (Phi) is 11.0. The summed E-state index contributed by atoms with van der Waals surface area (Å²) in [6.45, 7) is 11.0. The van der Waals surface area contributed by atoms with Crippen molar-refractivity contribution in [2.24, 2.45) is 5.92 Å². The number of benzene rings is 1. The van der Waals surface area contributed by atoms with E-state index in [0.29, 0.717) is 34.9 Å². The first-order valence-corrected chi connectivity index (χ1v) is 14.0. The van der Waals surface area contributed by atoms with E-state index in [0.717, 1.165) is 42.8 Å². The van der Waals surface area contributed by atoms with E-state index in [-0.39, 0.29) is 11.7 Å². The lowest BCUT2D eigenvalue weighted by atomic mass is 10.0. The molecule has 0 radical (unpaired) electrons. The van der Waals surface area contributed by atoms with Crippen LogP contribution in [0.25, 0.3) is 17.1 Å². The Morgan fingerprint density at radius 2 is 1.92 bits per heavy atom. The Labute approximate surface area is 227 Å². The molecule has 1 unspecified atom stereocenters. The molecule has 0 amide bonds. The first-order chi connectivity index (χ1) is 18.4. The number of rotatable bonds is 7. The highest BCUT2D eigenvalue weighted by Gasteiger charge is 2.33. The number of methoxy groups -OCH3 is 1. The van der Waals surface area contributed by atoms with E-state index in [1.165, 1.54) is 32.0 Å². The van der Waals surface area contributed by atoms with Gasteiger partial charge in [-0.3, -0.25) is 9.36 Å². The van der Waals surface area contributed by atoms with Crippen molar-refractivity contribution in [3.05, 3.63) is 59.3 Å². The molecule has 2 aliphatic rings. The summed E-state index contributed by atoms with van der Waals surface area (Å²) in [5, 5.41) is 0. The predicted molar refractivity (Wildman–Crippen MR) is 152 cm³/mol. The van der Waals surface area contributed by atoms with Crippen molar-refractivity contribution in [3.8, 4) is 23.0 Å². The number of imidazole rings is 1. The monoisotopic (exact) mass is 522 g/mol. The molecule has 0 spiro atoms. The lowest BCUT2D eigenvalue weighted by Crippen LogP contribution is -2.30. The first-order valence-electron chi connectivity index (χ1n) is 14.0. The zero-order chi connectivity index (χ0) is 27.7. The van der Waals surface area contributed by atoms with E-state index in [4.69, 9.17) is 4.74 Å². The largest absolute Gasteiger partial charge is 0.481 e. The summed E-state index contributed by atoms with van der Waals surface area (Å²) in [5.41, 5.74) is 3.38. The van der Waals surface area contributed by atoms with Crippen LogP contribution in [0.2, 0.25) is 0 Å². The van der Waals surface area contributed by atoms with Crippen LogP contribution in [0.4, 0.5) is 4.39 Å². The van der Waals surface area contributed by atoms with Gasteiger partial charge in [0.05, 0.1) is 24.7 Å². The van der Waals surface area contributed by atoms with Crippen molar-refractivity contribution < 1.29 is 13.9 Å². The second-order valence-corrected chi connectivity index (χ2v) is 10.1. The van der Waals surface area contributed by atoms with Gasteiger partial charge in [0.15, 0.2) is 6.29 Å². The number of hydrogen-bond acceptors (Lipinski definition) is 5. The Bertz CT molecular complexity index is 1160. The van der Waals surface area contributed by atoms with Crippen molar-refractivity contribution in [2.75, 3.05) is 27.2 Å². The number of nitrogens with zero attached hydrogens (tertiary/aromatic N) is 4. The van der Waals surface area contributed by atoms with Gasteiger partial charge in [0, 0.05) is 24.1 Å². The Hall–Kier alpha value is -3.06. The molecule has 3 aromatic rings. The summed E-state index contributed by atoms with van der Waals surface area (Å²) in [6, 6.07) is 8.82. The number of pyridine rings is 1. The predicted octanol–water partition coefficient (Wildman–Crippen LogP) is 7.10. The molecule has 1 saturated carbocycles. The maximum absolute atomic E-state index is 14.6. The topological polar surface area (TPSA) is 60.2 Å². The molecule has 1 atom stereocenters. The molecule has 3 heterocycles. The van der Waals surface area contributed by atoms with Crippen molar-refractivity contribution >= 4 is 6.29 Å². The average molecular weight is 523 g/mol. The fourth-order valence-corrected chi connectivity index (χ4v) is 4.95. The van der Waals surface area contributed by atoms with E-state index >= 15 is 0 Å². The van der Waals surface area contributed by atoms with Gasteiger partial charge in [-0.15, -0.1) is 0 Å². The number of hydrogen-bond donors (Lipinski definition) is 0. The number of aldehydes is 1. The lowest BCUT2D eigenvalue weighted by Gasteiger charge is -2.26. The highest BCUT2D eigenvalue weighted by atomic mass is 19.1. The molecule has 38 heavy (non-hydrogen) atoms. The van der Waals surface area contributed by atoms with Gasteiger partial charge in [-0.25, -0.2) is 14.4 Å². The summed E-state index contributed by atoms with van der Waals surface area (Å²) in [6.07, 6.45) is 8.90. The molecule has 7 heteroatoms. The van der Waals surface area contributed by atoms with Crippen molar-refractivity contribution in [3.63, 3.8) is 0 Å². The van der Waals surface area contributed by atoms with Crippen molar-refractivity contribution in [1.82, 2.24) is 19.4 Å². The minimum atomic E-state index is -0.248. The van der Waals surface area contributed by atoms with Crippen LogP contribution in [-0.2, 0) is 6.42 Å². The van der Waals surface area contributed by atoms with Crippen LogP contribution in [0.1, 0.15) is 87.5 Å². The number of likely N-dealkylation sites (tertiary alicyclic amines) is 1. The van der Waals surface area contributed by atoms with Crippen LogP contribution in [0.3, 0.4) is 0 Å². The standard InChI is InChI=1S/C22H22FN3O2.C7H15N.C2H6/c1-3-4-14-5-8-16(11-18(14)23)22-25-19(13-27)21(15-6-7-15)26(22)17-9-10-20(28-2)24-12-17;1-7-4-3-5-8(2)6-7;1-2/h5,8-13,15H,3-4,6-7H2,1-2H3;7H,3-6H2,1-2H3;1-2H3. The Balaban J connectivity index is 0.000000339. The summed E-state index contributed by atoms with van der Waals surface area (Å²) in [4.78, 5) is 23.0. The van der Waals surface area contributed by atoms with Crippen LogP contribution >= 0.6 is 0 Å². The SMILES string of the molecule is CC.CC1CCCN(C)C1.CCCc1ccc(-c2nc(C=O)c(C3CC3)n2-c2ccc(OC)nc2)cc1F. The van der Waals surface area contributed by atoms with E-state index in [2.05, 4.69) is 28.8 Å². The molecule has 1 saturated heterocycles. The van der Waals surface area contributed by atoms with Gasteiger partial charge in [-0.1, -0.05) is 46.2 Å². The number of aromatic nitrogens is 3. The Morgan fingerprint density at radius 3 is 2.42 bits per heavy atom. The van der Waals surface area contributed by atoms with Crippen LogP contribution in [0.15, 0.2) is 36.5 Å². The number of halogens is 1. The lowest BCUT2D eigenvalue weighted by molar-refractivity contribution is 0.111. The van der Waals surface area contributed by atoms with E-state index in [9.17, 15) is 9.18 Å². The van der Waals surface area contributed by atoms with Gasteiger partial charge in [-0.2, -0.15) is 0 Å². The van der Waals surface area contributed by atoms with Crippen LogP contribution in [0.5, 0.6) is 5.88 Å². The number of aryl methyl sites for hydroxylation is 1. The molecule has 1 aliphatic heterocycles. The van der Waals surface area contributed by atoms with Gasteiger partial charge in [0.25, 0.3) is 0 Å². The third-order valence-corrected chi connectivity index (χ3v) is 6.90. The number of piperidine rings is 1.